The van der Waals surface area contributed by atoms with Crippen LogP contribution in [0.15, 0.2) is 67.1 Å². The Labute approximate surface area is 232 Å². The van der Waals surface area contributed by atoms with Crippen molar-refractivity contribution in [3.8, 4) is 34.2 Å². The molecule has 0 bridgehead atoms. The van der Waals surface area contributed by atoms with Crippen molar-refractivity contribution < 1.29 is 27.1 Å². The summed E-state index contributed by atoms with van der Waals surface area (Å²) < 4.78 is 62.5. The van der Waals surface area contributed by atoms with Gasteiger partial charge in [-0.3, -0.25) is 0 Å². The van der Waals surface area contributed by atoms with Gasteiger partial charge in [0.1, 0.15) is 17.1 Å². The van der Waals surface area contributed by atoms with Crippen molar-refractivity contribution in [2.24, 2.45) is 0 Å². The first-order valence-corrected chi connectivity index (χ1v) is 12.5. The van der Waals surface area contributed by atoms with Crippen molar-refractivity contribution in [1.82, 2.24) is 29.7 Å². The quantitative estimate of drug-likeness (QED) is 0.183. The van der Waals surface area contributed by atoms with Crippen molar-refractivity contribution in [1.29, 1.82) is 0 Å². The average Bonchev–Trinajstić information content (AvgIpc) is 3.31. The van der Waals surface area contributed by atoms with Crippen molar-refractivity contribution in [3.63, 3.8) is 0 Å². The second kappa shape index (κ2) is 10.3. The van der Waals surface area contributed by atoms with Gasteiger partial charge in [-0.15, -0.1) is 0 Å². The number of halogens is 4. The highest BCUT2D eigenvalue weighted by atomic mass is 19.4. The van der Waals surface area contributed by atoms with E-state index in [0.717, 1.165) is 6.07 Å². The summed E-state index contributed by atoms with van der Waals surface area (Å²) in [5.41, 5.74) is -0.837. The van der Waals surface area contributed by atoms with Gasteiger partial charge >= 0.3 is 12.1 Å². The van der Waals surface area contributed by atoms with E-state index >= 15 is 0 Å². The Morgan fingerprint density at radius 3 is 2.32 bits per heavy atom. The molecule has 1 unspecified atom stereocenters. The summed E-state index contributed by atoms with van der Waals surface area (Å²) in [7, 11) is 0. The monoisotopic (exact) mass is 564 g/mol. The molecule has 1 aromatic heterocycles. The number of esters is 1. The zero-order valence-electron chi connectivity index (χ0n) is 22.4. The molecule has 0 radical (unpaired) electrons. The second-order valence-electron chi connectivity index (χ2n) is 10.4. The highest BCUT2D eigenvalue weighted by molar-refractivity contribution is 5.78. The van der Waals surface area contributed by atoms with Gasteiger partial charge in [0.15, 0.2) is 17.7 Å². The fraction of sp³-hybridized carbons (Fsp3) is 0.241. The number of hydrogen-bond donors (Lipinski definition) is 0. The predicted molar refractivity (Wildman–Crippen MR) is 141 cm³/mol. The number of benzene rings is 2. The number of aromatic nitrogens is 6. The third kappa shape index (κ3) is 5.91. The molecule has 2 aromatic carbocycles. The molecule has 0 amide bonds. The van der Waals surface area contributed by atoms with Crippen molar-refractivity contribution in [2.45, 2.75) is 45.5 Å². The SMILES string of the molecule is Cc1ccc(-c2ccc(C(C(=O)OC(C)(C)C)n3cnc4nc(-c5ccccc5F)nc-4c3)nn2)c(C(F)(F)F)c1. The minimum atomic E-state index is -4.60. The summed E-state index contributed by atoms with van der Waals surface area (Å²) in [5.74, 6) is -0.853. The van der Waals surface area contributed by atoms with Crippen molar-refractivity contribution in [3.05, 3.63) is 89.8 Å². The van der Waals surface area contributed by atoms with Gasteiger partial charge < -0.3 is 9.30 Å². The molecule has 12 heteroatoms. The molecule has 3 heterocycles. The summed E-state index contributed by atoms with van der Waals surface area (Å²) in [6.07, 6.45) is -1.78. The van der Waals surface area contributed by atoms with E-state index in [0.29, 0.717) is 5.56 Å². The molecule has 210 valence electrons. The number of carbonyl (C=O) groups is 1. The molecule has 0 fully saturated rings. The van der Waals surface area contributed by atoms with E-state index in [1.54, 1.807) is 45.9 Å². The molecule has 0 aliphatic carbocycles. The first-order valence-electron chi connectivity index (χ1n) is 12.5. The van der Waals surface area contributed by atoms with Crippen LogP contribution in [-0.4, -0.2) is 41.3 Å². The molecule has 5 rings (SSSR count). The van der Waals surface area contributed by atoms with Gasteiger partial charge in [0.2, 0.25) is 0 Å². The highest BCUT2D eigenvalue weighted by Gasteiger charge is 2.35. The molecule has 3 aromatic rings. The van der Waals surface area contributed by atoms with Gasteiger partial charge in [0.25, 0.3) is 0 Å². The maximum atomic E-state index is 14.3. The van der Waals surface area contributed by atoms with E-state index in [1.807, 2.05) is 0 Å². The number of carbonyl (C=O) groups excluding carboxylic acids is 1. The Hall–Kier alpha value is -4.74. The van der Waals surface area contributed by atoms with Crippen LogP contribution in [0.1, 0.15) is 43.6 Å². The molecule has 41 heavy (non-hydrogen) atoms. The second-order valence-corrected chi connectivity index (χ2v) is 10.4. The van der Waals surface area contributed by atoms with Gasteiger partial charge in [0, 0.05) is 11.8 Å². The lowest BCUT2D eigenvalue weighted by atomic mass is 10.0. The van der Waals surface area contributed by atoms with Crippen LogP contribution in [0.4, 0.5) is 17.6 Å². The van der Waals surface area contributed by atoms with Crippen LogP contribution in [0.3, 0.4) is 0 Å². The van der Waals surface area contributed by atoms with Crippen LogP contribution in [0.5, 0.6) is 0 Å². The number of rotatable bonds is 5. The predicted octanol–water partition coefficient (Wildman–Crippen LogP) is 6.30. The zero-order chi connectivity index (χ0) is 29.5. The third-order valence-electron chi connectivity index (χ3n) is 6.02. The number of alkyl halides is 3. The van der Waals surface area contributed by atoms with Crippen LogP contribution in [0.25, 0.3) is 34.2 Å². The summed E-state index contributed by atoms with van der Waals surface area (Å²) in [4.78, 5) is 26.3. The smallest absolute Gasteiger partial charge is 0.417 e. The Morgan fingerprint density at radius 2 is 1.66 bits per heavy atom. The van der Waals surface area contributed by atoms with E-state index in [-0.39, 0.29) is 39.9 Å². The van der Waals surface area contributed by atoms with Gasteiger partial charge in [-0.1, -0.05) is 29.8 Å². The lowest BCUT2D eigenvalue weighted by molar-refractivity contribution is -0.157. The molecule has 0 N–H and O–H groups in total. The summed E-state index contributed by atoms with van der Waals surface area (Å²) in [6, 6.07) is 11.5. The number of fused-ring (bicyclic) bond motifs is 1. The Kier molecular flexibility index (Phi) is 7.02. The lowest BCUT2D eigenvalue weighted by Crippen LogP contribution is -2.31. The molecule has 0 saturated carbocycles. The topological polar surface area (TPSA) is 95.7 Å². The standard InChI is InChI=1S/C29H24F4N6O2/c1-16-9-10-17(19(13-16)29(31,32)33)21-11-12-22(38-37-21)24(27(40)41-28(2,3)4)39-14-23-26(34-15-39)36-25(35-23)18-7-5-6-8-20(18)30/h5-15,24H,1-4H3. The Bertz CT molecular complexity index is 1690. The van der Waals surface area contributed by atoms with E-state index < -0.39 is 35.2 Å². The molecular weight excluding hydrogens is 540 g/mol. The van der Waals surface area contributed by atoms with E-state index in [4.69, 9.17) is 4.74 Å². The minimum absolute atomic E-state index is 0.0148. The van der Waals surface area contributed by atoms with Crippen LogP contribution in [-0.2, 0) is 15.7 Å². The summed E-state index contributed by atoms with van der Waals surface area (Å²) in [5, 5.41) is 8.15. The van der Waals surface area contributed by atoms with Crippen molar-refractivity contribution >= 4 is 5.97 Å². The summed E-state index contributed by atoms with van der Waals surface area (Å²) >= 11 is 0. The summed E-state index contributed by atoms with van der Waals surface area (Å²) in [6.45, 7) is 6.66. The third-order valence-corrected chi connectivity index (χ3v) is 6.02. The number of ether oxygens (including phenoxy) is 1. The van der Waals surface area contributed by atoms with Gasteiger partial charge in [0.05, 0.1) is 28.8 Å². The van der Waals surface area contributed by atoms with Crippen LogP contribution in [0, 0.1) is 12.7 Å². The first kappa shape index (κ1) is 27.8. The normalized spacial score (nSPS) is 12.9. The Balaban J connectivity index is 1.56. The fourth-order valence-electron chi connectivity index (χ4n) is 4.23. The van der Waals surface area contributed by atoms with Crippen LogP contribution >= 0.6 is 0 Å². The lowest BCUT2D eigenvalue weighted by Gasteiger charge is -2.25. The maximum absolute atomic E-state index is 14.3. The molecular formula is C29H24F4N6O2. The van der Waals surface area contributed by atoms with Gasteiger partial charge in [-0.05, 0) is 58.0 Å². The maximum Gasteiger partial charge on any atom is 0.417 e. The van der Waals surface area contributed by atoms with E-state index in [1.165, 1.54) is 47.4 Å². The number of aryl methyl sites for hydroxylation is 1. The number of hydrogen-bond acceptors (Lipinski definition) is 7. The Morgan fingerprint density at radius 1 is 0.902 bits per heavy atom. The minimum Gasteiger partial charge on any atom is -0.458 e. The largest absolute Gasteiger partial charge is 0.458 e. The number of imidazole rings is 1. The van der Waals surface area contributed by atoms with Crippen molar-refractivity contribution in [2.75, 3.05) is 0 Å². The van der Waals surface area contributed by atoms with E-state index in [9.17, 15) is 22.4 Å². The van der Waals surface area contributed by atoms with Crippen LogP contribution in [0.2, 0.25) is 0 Å². The zero-order valence-corrected chi connectivity index (χ0v) is 22.4. The van der Waals surface area contributed by atoms with E-state index in [2.05, 4.69) is 25.1 Å². The molecule has 1 atom stereocenters. The van der Waals surface area contributed by atoms with Gasteiger partial charge in [-0.2, -0.15) is 23.4 Å². The number of nitrogens with zero attached hydrogens (tertiary/aromatic N) is 6. The fourth-order valence-corrected chi connectivity index (χ4v) is 4.23. The highest BCUT2D eigenvalue weighted by Crippen LogP contribution is 2.37. The molecule has 8 nitrogen and oxygen atoms in total. The molecule has 2 aliphatic heterocycles. The molecule has 0 spiro atoms. The first-order chi connectivity index (χ1) is 19.3. The molecule has 0 saturated heterocycles. The molecule has 2 aliphatic rings. The van der Waals surface area contributed by atoms with Crippen LogP contribution < -0.4 is 0 Å². The average molecular weight is 565 g/mol. The van der Waals surface area contributed by atoms with Gasteiger partial charge in [-0.25, -0.2) is 24.1 Å².